The van der Waals surface area contributed by atoms with Crippen molar-refractivity contribution in [2.24, 2.45) is 5.92 Å². The van der Waals surface area contributed by atoms with Crippen molar-refractivity contribution < 1.29 is 4.74 Å². The minimum atomic E-state index is 0.623. The van der Waals surface area contributed by atoms with Gasteiger partial charge in [0, 0.05) is 31.8 Å². The summed E-state index contributed by atoms with van der Waals surface area (Å²) in [6.45, 7) is 10.7. The number of hydrogen-bond donors (Lipinski definition) is 1. The van der Waals surface area contributed by atoms with Gasteiger partial charge in [0.15, 0.2) is 0 Å². The fraction of sp³-hybridized carbons (Fsp3) is 1.00. The summed E-state index contributed by atoms with van der Waals surface area (Å²) in [7, 11) is 2.30. The molecule has 1 aliphatic rings. The summed E-state index contributed by atoms with van der Waals surface area (Å²) >= 11 is 0. The van der Waals surface area contributed by atoms with Gasteiger partial charge in [0.1, 0.15) is 0 Å². The zero-order valence-corrected chi connectivity index (χ0v) is 13.5. The number of likely N-dealkylation sites (N-methyl/N-ethyl adjacent to an activating group) is 1. The summed E-state index contributed by atoms with van der Waals surface area (Å²) in [4.78, 5) is 2.60. The largest absolute Gasteiger partial charge is 0.382 e. The predicted octanol–water partition coefficient (Wildman–Crippen LogP) is 2.90. The highest BCUT2D eigenvalue weighted by molar-refractivity contribution is 4.82. The van der Waals surface area contributed by atoms with Crippen LogP contribution in [0.5, 0.6) is 0 Å². The van der Waals surface area contributed by atoms with Crippen LogP contribution in [0.3, 0.4) is 0 Å². The van der Waals surface area contributed by atoms with Crippen LogP contribution in [0.2, 0.25) is 0 Å². The molecule has 1 N–H and O–H groups in total. The fourth-order valence-corrected chi connectivity index (χ4v) is 3.13. The molecule has 0 amide bonds. The Morgan fingerprint density at radius 1 is 1.32 bits per heavy atom. The van der Waals surface area contributed by atoms with Crippen LogP contribution in [0.15, 0.2) is 0 Å². The van der Waals surface area contributed by atoms with Gasteiger partial charge in [-0.05, 0) is 52.6 Å². The Hall–Kier alpha value is -0.120. The minimum absolute atomic E-state index is 0.623. The lowest BCUT2D eigenvalue weighted by molar-refractivity contribution is 0.102. The van der Waals surface area contributed by atoms with Crippen LogP contribution in [0.4, 0.5) is 0 Å². The van der Waals surface area contributed by atoms with E-state index >= 15 is 0 Å². The summed E-state index contributed by atoms with van der Waals surface area (Å²) in [5, 5.41) is 3.56. The van der Waals surface area contributed by atoms with E-state index in [9.17, 15) is 0 Å². The van der Waals surface area contributed by atoms with E-state index in [4.69, 9.17) is 4.74 Å². The van der Waals surface area contributed by atoms with Crippen LogP contribution in [-0.4, -0.2) is 50.3 Å². The average molecular weight is 270 g/mol. The van der Waals surface area contributed by atoms with E-state index in [0.717, 1.165) is 44.7 Å². The quantitative estimate of drug-likeness (QED) is 0.652. The molecular formula is C16H34N2O. The third-order valence-electron chi connectivity index (χ3n) is 4.57. The predicted molar refractivity (Wildman–Crippen MR) is 82.6 cm³/mol. The normalized spacial score (nSPS) is 25.7. The lowest BCUT2D eigenvalue weighted by Crippen LogP contribution is -2.47. The number of ether oxygens (including phenoxy) is 1. The molecule has 0 aromatic rings. The Balaban J connectivity index is 2.15. The Labute approximate surface area is 120 Å². The molecule has 0 aliphatic heterocycles. The molecule has 3 atom stereocenters. The van der Waals surface area contributed by atoms with Gasteiger partial charge in [0.05, 0.1) is 0 Å². The molecule has 0 aromatic heterocycles. The maximum atomic E-state index is 5.35. The summed E-state index contributed by atoms with van der Waals surface area (Å²) in [6.07, 6.45) is 6.74. The Morgan fingerprint density at radius 3 is 2.74 bits per heavy atom. The molecule has 0 saturated heterocycles. The van der Waals surface area contributed by atoms with Gasteiger partial charge in [-0.25, -0.2) is 0 Å². The van der Waals surface area contributed by atoms with Crippen molar-refractivity contribution in [3.8, 4) is 0 Å². The Bertz CT molecular complexity index is 223. The first-order valence-electron chi connectivity index (χ1n) is 8.17. The van der Waals surface area contributed by atoms with E-state index in [1.54, 1.807) is 0 Å². The average Bonchev–Trinajstić information content (AvgIpc) is 2.42. The van der Waals surface area contributed by atoms with Gasteiger partial charge in [-0.15, -0.1) is 0 Å². The van der Waals surface area contributed by atoms with Crippen LogP contribution in [-0.2, 0) is 4.74 Å². The van der Waals surface area contributed by atoms with E-state index in [-0.39, 0.29) is 0 Å². The lowest BCUT2D eigenvalue weighted by Gasteiger charge is -2.39. The smallest absolute Gasteiger partial charge is 0.0477 e. The van der Waals surface area contributed by atoms with Crippen molar-refractivity contribution in [3.63, 3.8) is 0 Å². The standard InChI is InChI=1S/C16H34N2O/c1-5-19-12-8-11-17-13-15(3)18(4)16-10-7-6-9-14(16)2/h14-17H,5-13H2,1-4H3. The van der Waals surface area contributed by atoms with Gasteiger partial charge in [-0.3, -0.25) is 4.90 Å². The molecule has 1 saturated carbocycles. The van der Waals surface area contributed by atoms with Crippen LogP contribution < -0.4 is 5.32 Å². The highest BCUT2D eigenvalue weighted by Gasteiger charge is 2.27. The second-order valence-corrected chi connectivity index (χ2v) is 6.10. The zero-order valence-electron chi connectivity index (χ0n) is 13.5. The Morgan fingerprint density at radius 2 is 2.05 bits per heavy atom. The van der Waals surface area contributed by atoms with Gasteiger partial charge < -0.3 is 10.1 Å². The SMILES string of the molecule is CCOCCCNCC(C)N(C)C1CCCCC1C. The molecule has 0 bridgehead atoms. The van der Waals surface area contributed by atoms with Crippen molar-refractivity contribution in [1.29, 1.82) is 0 Å². The highest BCUT2D eigenvalue weighted by Crippen LogP contribution is 2.28. The lowest BCUT2D eigenvalue weighted by atomic mass is 9.84. The summed E-state index contributed by atoms with van der Waals surface area (Å²) in [5.41, 5.74) is 0. The molecule has 3 nitrogen and oxygen atoms in total. The zero-order chi connectivity index (χ0) is 14.1. The molecule has 0 spiro atoms. The van der Waals surface area contributed by atoms with Gasteiger partial charge in [0.25, 0.3) is 0 Å². The van der Waals surface area contributed by atoms with Gasteiger partial charge in [0.2, 0.25) is 0 Å². The molecule has 0 heterocycles. The summed E-state index contributed by atoms with van der Waals surface area (Å²) in [5.74, 6) is 0.860. The van der Waals surface area contributed by atoms with Crippen molar-refractivity contribution in [2.75, 3.05) is 33.4 Å². The van der Waals surface area contributed by atoms with Crippen LogP contribution in [0, 0.1) is 5.92 Å². The van der Waals surface area contributed by atoms with E-state index in [0.29, 0.717) is 6.04 Å². The molecule has 1 aliphatic carbocycles. The second-order valence-electron chi connectivity index (χ2n) is 6.10. The number of rotatable bonds is 9. The number of hydrogen-bond acceptors (Lipinski definition) is 3. The van der Waals surface area contributed by atoms with Crippen molar-refractivity contribution in [2.45, 2.75) is 65.0 Å². The van der Waals surface area contributed by atoms with E-state index in [1.165, 1.54) is 25.7 Å². The highest BCUT2D eigenvalue weighted by atomic mass is 16.5. The first kappa shape index (κ1) is 16.9. The molecule has 1 rings (SSSR count). The molecule has 0 radical (unpaired) electrons. The molecule has 19 heavy (non-hydrogen) atoms. The van der Waals surface area contributed by atoms with Gasteiger partial charge >= 0.3 is 0 Å². The topological polar surface area (TPSA) is 24.5 Å². The third-order valence-corrected chi connectivity index (χ3v) is 4.57. The first-order valence-corrected chi connectivity index (χ1v) is 8.17. The molecular weight excluding hydrogens is 236 g/mol. The van der Waals surface area contributed by atoms with Gasteiger partial charge in [-0.2, -0.15) is 0 Å². The van der Waals surface area contributed by atoms with E-state index in [2.05, 4.69) is 38.0 Å². The summed E-state index contributed by atoms with van der Waals surface area (Å²) < 4.78 is 5.35. The molecule has 114 valence electrons. The van der Waals surface area contributed by atoms with E-state index < -0.39 is 0 Å². The molecule has 3 heteroatoms. The van der Waals surface area contributed by atoms with Crippen molar-refractivity contribution in [1.82, 2.24) is 10.2 Å². The third kappa shape index (κ3) is 6.24. The minimum Gasteiger partial charge on any atom is -0.382 e. The molecule has 0 aromatic carbocycles. The van der Waals surface area contributed by atoms with Crippen molar-refractivity contribution in [3.05, 3.63) is 0 Å². The monoisotopic (exact) mass is 270 g/mol. The fourth-order valence-electron chi connectivity index (χ4n) is 3.13. The van der Waals surface area contributed by atoms with Crippen LogP contribution in [0.25, 0.3) is 0 Å². The van der Waals surface area contributed by atoms with Crippen LogP contribution in [0.1, 0.15) is 52.9 Å². The molecule has 3 unspecified atom stereocenters. The first-order chi connectivity index (χ1) is 9.16. The van der Waals surface area contributed by atoms with Gasteiger partial charge in [-0.1, -0.05) is 19.8 Å². The van der Waals surface area contributed by atoms with E-state index in [1.807, 2.05) is 0 Å². The second kappa shape index (κ2) is 9.73. The summed E-state index contributed by atoms with van der Waals surface area (Å²) in [6, 6.07) is 1.41. The maximum Gasteiger partial charge on any atom is 0.0477 e. The van der Waals surface area contributed by atoms with Crippen LogP contribution >= 0.6 is 0 Å². The molecule has 1 fully saturated rings. The Kier molecular flexibility index (Phi) is 8.67. The maximum absolute atomic E-state index is 5.35. The number of nitrogens with one attached hydrogen (secondary N) is 1. The van der Waals surface area contributed by atoms with Crippen molar-refractivity contribution >= 4 is 0 Å². The number of nitrogens with zero attached hydrogens (tertiary/aromatic N) is 1.